The van der Waals surface area contributed by atoms with Crippen LogP contribution in [0, 0.1) is 11.6 Å². The van der Waals surface area contributed by atoms with Gasteiger partial charge in [-0.2, -0.15) is 0 Å². The molecule has 126 valence electrons. The molecule has 1 atom stereocenters. The summed E-state index contributed by atoms with van der Waals surface area (Å²) in [6, 6.07) is 16.8. The smallest absolute Gasteiger partial charge is 0.255 e. The fraction of sp³-hybridized carbons (Fsp3) is 0.150. The van der Waals surface area contributed by atoms with E-state index in [-0.39, 0.29) is 5.91 Å². The standard InChI is InChI=1S/C20H15F2NOS/c21-14-8-9-17(18(22)12-14)20-23(10-11-25-20)19(24)16-7-3-5-13-4-1-2-6-15(13)16/h1-9,12,20H,10-11H2/t20-/m0/s1. The van der Waals surface area contributed by atoms with Gasteiger partial charge >= 0.3 is 0 Å². The number of halogens is 2. The third kappa shape index (κ3) is 2.89. The second-order valence-corrected chi connectivity index (χ2v) is 7.10. The maximum absolute atomic E-state index is 14.2. The molecule has 0 aromatic heterocycles. The summed E-state index contributed by atoms with van der Waals surface area (Å²) in [5, 5.41) is 1.43. The van der Waals surface area contributed by atoms with Crippen LogP contribution in [0.4, 0.5) is 8.78 Å². The second kappa shape index (κ2) is 6.48. The molecule has 25 heavy (non-hydrogen) atoms. The van der Waals surface area contributed by atoms with Crippen LogP contribution in [-0.2, 0) is 0 Å². The molecule has 0 bridgehead atoms. The zero-order chi connectivity index (χ0) is 17.4. The Bertz CT molecular complexity index is 954. The minimum Gasteiger partial charge on any atom is -0.322 e. The van der Waals surface area contributed by atoms with E-state index in [1.54, 1.807) is 11.0 Å². The average molecular weight is 355 g/mol. The Morgan fingerprint density at radius 3 is 2.68 bits per heavy atom. The highest BCUT2D eigenvalue weighted by atomic mass is 32.2. The first kappa shape index (κ1) is 16.1. The van der Waals surface area contributed by atoms with Gasteiger partial charge < -0.3 is 4.90 Å². The van der Waals surface area contributed by atoms with E-state index in [0.717, 1.165) is 22.6 Å². The summed E-state index contributed by atoms with van der Waals surface area (Å²) in [5.41, 5.74) is 0.950. The topological polar surface area (TPSA) is 20.3 Å². The minimum absolute atomic E-state index is 0.129. The van der Waals surface area contributed by atoms with E-state index in [2.05, 4.69) is 0 Å². The fourth-order valence-electron chi connectivity index (χ4n) is 3.20. The summed E-state index contributed by atoms with van der Waals surface area (Å²) >= 11 is 1.49. The van der Waals surface area contributed by atoms with Gasteiger partial charge in [-0.05, 0) is 22.9 Å². The molecule has 3 aromatic carbocycles. The Kier molecular flexibility index (Phi) is 4.17. The summed E-state index contributed by atoms with van der Waals surface area (Å²) in [6.07, 6.45) is 0. The van der Waals surface area contributed by atoms with Crippen LogP contribution in [0.15, 0.2) is 60.7 Å². The van der Waals surface area contributed by atoms with Crippen LogP contribution in [0.25, 0.3) is 10.8 Å². The molecule has 0 unspecified atom stereocenters. The van der Waals surface area contributed by atoms with E-state index in [4.69, 9.17) is 0 Å². The minimum atomic E-state index is -0.616. The third-order valence-corrected chi connectivity index (χ3v) is 5.64. The molecule has 1 aliphatic rings. The van der Waals surface area contributed by atoms with E-state index in [9.17, 15) is 13.6 Å². The summed E-state index contributed by atoms with van der Waals surface area (Å²) in [4.78, 5) is 14.8. The van der Waals surface area contributed by atoms with Gasteiger partial charge in [-0.25, -0.2) is 8.78 Å². The van der Waals surface area contributed by atoms with Crippen LogP contribution in [0.5, 0.6) is 0 Å². The predicted molar refractivity (Wildman–Crippen MR) is 96.5 cm³/mol. The normalized spacial score (nSPS) is 17.2. The van der Waals surface area contributed by atoms with E-state index < -0.39 is 17.0 Å². The van der Waals surface area contributed by atoms with Crippen molar-refractivity contribution in [3.63, 3.8) is 0 Å². The number of hydrogen-bond donors (Lipinski definition) is 0. The molecule has 1 aliphatic heterocycles. The Morgan fingerprint density at radius 1 is 1.04 bits per heavy atom. The molecule has 0 radical (unpaired) electrons. The molecule has 0 spiro atoms. The van der Waals surface area contributed by atoms with Gasteiger partial charge in [-0.3, -0.25) is 4.79 Å². The summed E-state index contributed by atoms with van der Waals surface area (Å²) in [5.74, 6) is -0.639. The number of amides is 1. The van der Waals surface area contributed by atoms with Gasteiger partial charge in [0.25, 0.3) is 5.91 Å². The van der Waals surface area contributed by atoms with Crippen molar-refractivity contribution in [1.29, 1.82) is 0 Å². The van der Waals surface area contributed by atoms with Crippen LogP contribution in [0.1, 0.15) is 21.3 Å². The van der Waals surface area contributed by atoms with Crippen LogP contribution in [0.3, 0.4) is 0 Å². The van der Waals surface area contributed by atoms with Gasteiger partial charge in [-0.1, -0.05) is 42.5 Å². The van der Waals surface area contributed by atoms with Crippen molar-refractivity contribution in [1.82, 2.24) is 4.90 Å². The Labute approximate surface area is 148 Å². The van der Waals surface area contributed by atoms with E-state index in [1.165, 1.54) is 23.9 Å². The molecule has 2 nitrogen and oxygen atoms in total. The molecule has 3 aromatic rings. The van der Waals surface area contributed by atoms with Gasteiger partial charge in [0.2, 0.25) is 0 Å². The molecule has 0 saturated carbocycles. The first-order chi connectivity index (χ1) is 12.1. The molecule has 1 heterocycles. The van der Waals surface area contributed by atoms with Crippen LogP contribution >= 0.6 is 11.8 Å². The van der Waals surface area contributed by atoms with E-state index in [1.807, 2.05) is 36.4 Å². The molecule has 1 saturated heterocycles. The number of carbonyl (C=O) groups is 1. The number of benzene rings is 3. The van der Waals surface area contributed by atoms with Gasteiger partial charge in [0, 0.05) is 29.5 Å². The average Bonchev–Trinajstić information content (AvgIpc) is 3.10. The summed E-state index contributed by atoms with van der Waals surface area (Å²) in [6.45, 7) is 0.536. The van der Waals surface area contributed by atoms with Gasteiger partial charge in [0.1, 0.15) is 17.0 Å². The number of hydrogen-bond acceptors (Lipinski definition) is 2. The van der Waals surface area contributed by atoms with Crippen molar-refractivity contribution in [3.8, 4) is 0 Å². The zero-order valence-electron chi connectivity index (χ0n) is 13.3. The van der Waals surface area contributed by atoms with Crippen molar-refractivity contribution < 1.29 is 13.6 Å². The first-order valence-electron chi connectivity index (χ1n) is 8.00. The quantitative estimate of drug-likeness (QED) is 0.644. The van der Waals surface area contributed by atoms with Crippen molar-refractivity contribution >= 4 is 28.4 Å². The van der Waals surface area contributed by atoms with Crippen LogP contribution < -0.4 is 0 Å². The lowest BCUT2D eigenvalue weighted by atomic mass is 10.0. The molecular formula is C20H15F2NOS. The maximum atomic E-state index is 14.2. The highest BCUT2D eigenvalue weighted by Gasteiger charge is 2.33. The van der Waals surface area contributed by atoms with Crippen LogP contribution in [-0.4, -0.2) is 23.1 Å². The Balaban J connectivity index is 1.73. The van der Waals surface area contributed by atoms with Crippen LogP contribution in [0.2, 0.25) is 0 Å². The summed E-state index contributed by atoms with van der Waals surface area (Å²) in [7, 11) is 0. The highest BCUT2D eigenvalue weighted by molar-refractivity contribution is 7.99. The lowest BCUT2D eigenvalue weighted by molar-refractivity contribution is 0.0761. The molecule has 4 rings (SSSR count). The highest BCUT2D eigenvalue weighted by Crippen LogP contribution is 2.40. The SMILES string of the molecule is O=C(c1cccc2ccccc12)N1CCS[C@H]1c1ccc(F)cc1F. The first-order valence-corrected chi connectivity index (χ1v) is 9.05. The Morgan fingerprint density at radius 2 is 1.84 bits per heavy atom. The van der Waals surface area contributed by atoms with Gasteiger partial charge in [0.15, 0.2) is 0 Å². The molecular weight excluding hydrogens is 340 g/mol. The monoisotopic (exact) mass is 355 g/mol. The van der Waals surface area contributed by atoms with Crippen molar-refractivity contribution in [2.75, 3.05) is 12.3 Å². The van der Waals surface area contributed by atoms with Gasteiger partial charge in [0.05, 0.1) is 0 Å². The second-order valence-electron chi connectivity index (χ2n) is 5.91. The molecule has 1 fully saturated rings. The number of rotatable bonds is 2. The molecule has 5 heteroatoms. The van der Waals surface area contributed by atoms with E-state index in [0.29, 0.717) is 17.7 Å². The molecule has 0 N–H and O–H groups in total. The molecule has 0 aliphatic carbocycles. The van der Waals surface area contributed by atoms with Gasteiger partial charge in [-0.15, -0.1) is 11.8 Å². The number of carbonyl (C=O) groups excluding carboxylic acids is 1. The Hall–Kier alpha value is -2.40. The fourth-order valence-corrected chi connectivity index (χ4v) is 4.48. The predicted octanol–water partition coefficient (Wildman–Crippen LogP) is 5.01. The number of nitrogens with zero attached hydrogens (tertiary/aromatic N) is 1. The molecule has 1 amide bonds. The van der Waals surface area contributed by atoms with Crippen molar-refractivity contribution in [2.24, 2.45) is 0 Å². The largest absolute Gasteiger partial charge is 0.322 e. The number of fused-ring (bicyclic) bond motifs is 1. The lowest BCUT2D eigenvalue weighted by Crippen LogP contribution is -2.31. The lowest BCUT2D eigenvalue weighted by Gasteiger charge is -2.25. The van der Waals surface area contributed by atoms with Crippen molar-refractivity contribution in [3.05, 3.63) is 83.4 Å². The maximum Gasteiger partial charge on any atom is 0.255 e. The van der Waals surface area contributed by atoms with Crippen molar-refractivity contribution in [2.45, 2.75) is 5.37 Å². The third-order valence-electron chi connectivity index (χ3n) is 4.40. The number of thioether (sulfide) groups is 1. The summed E-state index contributed by atoms with van der Waals surface area (Å²) < 4.78 is 27.4. The van der Waals surface area contributed by atoms with E-state index >= 15 is 0 Å². The zero-order valence-corrected chi connectivity index (χ0v) is 14.1.